The molecule has 0 fully saturated rings. The molecule has 242 valence electrons. The molecule has 5 atom stereocenters. The maximum absolute atomic E-state index is 6.57. The van der Waals surface area contributed by atoms with Crippen molar-refractivity contribution in [2.24, 2.45) is 11.8 Å². The van der Waals surface area contributed by atoms with Gasteiger partial charge in [0.05, 0.1) is 0 Å². The van der Waals surface area contributed by atoms with Gasteiger partial charge in [-0.3, -0.25) is 0 Å². The van der Waals surface area contributed by atoms with Crippen LogP contribution in [0, 0.1) is 11.8 Å². The van der Waals surface area contributed by atoms with Crippen LogP contribution >= 0.6 is 0 Å². The summed E-state index contributed by atoms with van der Waals surface area (Å²) in [7, 11) is 0. The molecule has 5 unspecified atom stereocenters. The second-order valence-electron chi connectivity index (χ2n) is 15.4. The zero-order valence-electron chi connectivity index (χ0n) is 28.4. The Labute approximate surface area is 296 Å². The van der Waals surface area contributed by atoms with Crippen LogP contribution in [0.25, 0.3) is 66.8 Å². The van der Waals surface area contributed by atoms with Crippen molar-refractivity contribution in [2.45, 2.75) is 37.0 Å². The Bertz CT molecular complexity index is 2920. The van der Waals surface area contributed by atoms with Crippen molar-refractivity contribution in [3.63, 3.8) is 0 Å². The highest BCUT2D eigenvalue weighted by atomic mass is 16.3. The van der Waals surface area contributed by atoms with Gasteiger partial charge in [0.15, 0.2) is 0 Å². The summed E-state index contributed by atoms with van der Waals surface area (Å²) in [6.07, 6.45) is 23.4. The maximum Gasteiger partial charge on any atom is 0.136 e. The molecule has 1 heteroatoms. The van der Waals surface area contributed by atoms with Crippen molar-refractivity contribution in [2.75, 3.05) is 0 Å². The zero-order valence-corrected chi connectivity index (χ0v) is 28.4. The average Bonchev–Trinajstić information content (AvgIpc) is 3.52. The summed E-state index contributed by atoms with van der Waals surface area (Å²) in [6, 6.07) is 38.2. The highest BCUT2D eigenvalue weighted by Crippen LogP contribution is 2.66. The van der Waals surface area contributed by atoms with Crippen LogP contribution in [-0.4, -0.2) is 0 Å². The van der Waals surface area contributed by atoms with Crippen LogP contribution in [-0.2, 0) is 0 Å². The predicted octanol–water partition coefficient (Wildman–Crippen LogP) is 11.5. The molecule has 5 aliphatic carbocycles. The molecule has 0 N–H and O–H groups in total. The van der Waals surface area contributed by atoms with E-state index in [1.165, 1.54) is 89.0 Å². The number of rotatable bonds is 3. The van der Waals surface area contributed by atoms with Gasteiger partial charge in [-0.25, -0.2) is 0 Å². The first-order valence-electron chi connectivity index (χ1n) is 18.8. The normalized spacial score (nSPS) is 24.0. The van der Waals surface area contributed by atoms with Gasteiger partial charge < -0.3 is 4.42 Å². The fourth-order valence-corrected chi connectivity index (χ4v) is 10.3. The Kier molecular flexibility index (Phi) is 5.75. The summed E-state index contributed by atoms with van der Waals surface area (Å²) in [4.78, 5) is 0. The molecule has 0 saturated carbocycles. The third-order valence-corrected chi connectivity index (χ3v) is 12.7. The number of hydrogen-bond donors (Lipinski definition) is 0. The smallest absolute Gasteiger partial charge is 0.136 e. The molecule has 1 aromatic heterocycles. The van der Waals surface area contributed by atoms with E-state index in [2.05, 4.69) is 152 Å². The Balaban J connectivity index is 1.05. The van der Waals surface area contributed by atoms with Gasteiger partial charge in [0, 0.05) is 34.4 Å². The molecular weight excluding hydrogens is 617 g/mol. The Morgan fingerprint density at radius 1 is 0.608 bits per heavy atom. The zero-order chi connectivity index (χ0) is 33.2. The largest absolute Gasteiger partial charge is 0.456 e. The second kappa shape index (κ2) is 10.4. The Morgan fingerprint density at radius 2 is 1.41 bits per heavy atom. The molecule has 0 amide bonds. The van der Waals surface area contributed by atoms with E-state index in [1.807, 2.05) is 0 Å². The first-order valence-corrected chi connectivity index (χ1v) is 18.8. The lowest BCUT2D eigenvalue weighted by molar-refractivity contribution is 0.493. The van der Waals surface area contributed by atoms with Crippen molar-refractivity contribution in [3.8, 4) is 0 Å². The standard InChI is InChI=1S/C50H36O/c1-3-11-31-23-36(19-17-29(31)9-1)46-39-15-7-8-16-40(39)47(37-20-18-30-10-2-4-12-32(30)24-37)50-48-41(28-43(48)49(46)50)35-21-22-38-42-25-33-13-5-6-14-34(33)26-45(42)51-44(38)27-35/h1,3-9,11-18,20-28,30,32,36,41,48H,2,10,19H2. The fourth-order valence-electron chi connectivity index (χ4n) is 10.3. The molecular formula is C50H36O. The van der Waals surface area contributed by atoms with Gasteiger partial charge in [-0.15, -0.1) is 0 Å². The third kappa shape index (κ3) is 3.98. The van der Waals surface area contributed by atoms with Gasteiger partial charge in [-0.2, -0.15) is 0 Å². The van der Waals surface area contributed by atoms with E-state index in [4.69, 9.17) is 4.42 Å². The van der Waals surface area contributed by atoms with E-state index >= 15 is 0 Å². The molecule has 5 aliphatic rings. The van der Waals surface area contributed by atoms with Crippen molar-refractivity contribution >= 4 is 66.8 Å². The molecule has 0 radical (unpaired) electrons. The lowest BCUT2D eigenvalue weighted by atomic mass is 9.52. The van der Waals surface area contributed by atoms with E-state index in [-0.39, 0.29) is 0 Å². The SMILES string of the molecule is C1=CC2C=C(c3c4c(c(C5C=c6ccccc6=CC5)c5ccccc35)C3=CC(c5ccc6c(c5)oc5cc7ccccc7cc56)C34)C=CC2CC1. The van der Waals surface area contributed by atoms with Gasteiger partial charge in [-0.05, 0) is 114 Å². The molecule has 1 heterocycles. The average molecular weight is 653 g/mol. The number of fused-ring (bicyclic) bond motifs is 11. The highest BCUT2D eigenvalue weighted by molar-refractivity contribution is 6.12. The number of furan rings is 1. The minimum atomic E-state index is 0.329. The summed E-state index contributed by atoms with van der Waals surface area (Å²) in [5.41, 5.74) is 12.3. The van der Waals surface area contributed by atoms with Crippen molar-refractivity contribution < 1.29 is 4.42 Å². The Morgan fingerprint density at radius 3 is 2.33 bits per heavy atom. The minimum absolute atomic E-state index is 0.329. The van der Waals surface area contributed by atoms with Crippen molar-refractivity contribution in [1.82, 2.24) is 0 Å². The van der Waals surface area contributed by atoms with E-state index in [0.29, 0.717) is 29.6 Å². The van der Waals surface area contributed by atoms with Crippen LogP contribution in [0.4, 0.5) is 0 Å². The van der Waals surface area contributed by atoms with Crippen LogP contribution in [0.2, 0.25) is 0 Å². The van der Waals surface area contributed by atoms with Crippen LogP contribution in [0.15, 0.2) is 144 Å². The molecule has 7 aromatic rings. The molecule has 0 bridgehead atoms. The van der Waals surface area contributed by atoms with Gasteiger partial charge in [0.1, 0.15) is 11.2 Å². The van der Waals surface area contributed by atoms with Crippen LogP contribution < -0.4 is 10.4 Å². The molecule has 12 rings (SSSR count). The fraction of sp³-hybridized carbons (Fsp3) is 0.160. The number of allylic oxidation sites excluding steroid dienone is 8. The van der Waals surface area contributed by atoms with E-state index in [0.717, 1.165) is 17.6 Å². The highest BCUT2D eigenvalue weighted by Gasteiger charge is 2.49. The summed E-state index contributed by atoms with van der Waals surface area (Å²) in [5, 5.41) is 10.4. The third-order valence-electron chi connectivity index (χ3n) is 12.7. The number of hydrogen-bond acceptors (Lipinski definition) is 1. The quantitative estimate of drug-likeness (QED) is 0.173. The molecule has 0 saturated heterocycles. The van der Waals surface area contributed by atoms with E-state index in [1.54, 1.807) is 5.56 Å². The lowest BCUT2D eigenvalue weighted by Crippen LogP contribution is -2.34. The van der Waals surface area contributed by atoms with Crippen LogP contribution in [0.1, 0.15) is 64.8 Å². The van der Waals surface area contributed by atoms with E-state index < -0.39 is 0 Å². The predicted molar refractivity (Wildman–Crippen MR) is 213 cm³/mol. The van der Waals surface area contributed by atoms with Crippen LogP contribution in [0.5, 0.6) is 0 Å². The van der Waals surface area contributed by atoms with Gasteiger partial charge in [-0.1, -0.05) is 134 Å². The van der Waals surface area contributed by atoms with Gasteiger partial charge >= 0.3 is 0 Å². The molecule has 51 heavy (non-hydrogen) atoms. The maximum atomic E-state index is 6.57. The van der Waals surface area contributed by atoms with E-state index in [9.17, 15) is 0 Å². The van der Waals surface area contributed by atoms with Crippen molar-refractivity contribution in [3.05, 3.63) is 178 Å². The number of benzene rings is 6. The molecule has 0 spiro atoms. The summed E-state index contributed by atoms with van der Waals surface area (Å²) in [5.74, 6) is 2.15. The van der Waals surface area contributed by atoms with Crippen molar-refractivity contribution in [1.29, 1.82) is 0 Å². The Hall–Kier alpha value is -5.66. The van der Waals surface area contributed by atoms with Gasteiger partial charge in [0.2, 0.25) is 0 Å². The topological polar surface area (TPSA) is 13.1 Å². The molecule has 6 aromatic carbocycles. The lowest BCUT2D eigenvalue weighted by Gasteiger charge is -2.50. The summed E-state index contributed by atoms with van der Waals surface area (Å²) in [6.45, 7) is 0. The van der Waals surface area contributed by atoms with Gasteiger partial charge in [0.25, 0.3) is 0 Å². The minimum Gasteiger partial charge on any atom is -0.456 e. The summed E-state index contributed by atoms with van der Waals surface area (Å²) >= 11 is 0. The summed E-state index contributed by atoms with van der Waals surface area (Å²) < 4.78 is 6.57. The first-order chi connectivity index (χ1) is 25.3. The molecule has 0 aliphatic heterocycles. The first kappa shape index (κ1) is 28.1. The molecule has 1 nitrogen and oxygen atoms in total. The van der Waals surface area contributed by atoms with Crippen LogP contribution in [0.3, 0.4) is 0 Å². The monoisotopic (exact) mass is 652 g/mol. The second-order valence-corrected chi connectivity index (χ2v) is 15.4.